The second-order valence-electron chi connectivity index (χ2n) is 7.14. The molecule has 162 valence electrons. The molecule has 0 bridgehead atoms. The van der Waals surface area contributed by atoms with Crippen molar-refractivity contribution in [3.05, 3.63) is 64.7 Å². The van der Waals surface area contributed by atoms with Crippen molar-refractivity contribution in [1.82, 2.24) is 14.1 Å². The van der Waals surface area contributed by atoms with E-state index in [1.807, 2.05) is 0 Å². The highest BCUT2D eigenvalue weighted by molar-refractivity contribution is 7.89. The third-order valence-electron chi connectivity index (χ3n) is 4.89. The van der Waals surface area contributed by atoms with Crippen LogP contribution in [0.15, 0.2) is 47.4 Å². The lowest BCUT2D eigenvalue weighted by atomic mass is 10.2. The molecule has 0 N–H and O–H groups in total. The minimum atomic E-state index is -3.73. The molecule has 0 spiro atoms. The highest BCUT2D eigenvalue weighted by Gasteiger charge is 2.31. The molecule has 30 heavy (non-hydrogen) atoms. The molecule has 1 saturated heterocycles. The average molecular weight is 458 g/mol. The van der Waals surface area contributed by atoms with E-state index >= 15 is 0 Å². The SMILES string of the molecule is CN(CC(=O)N1CCN(S(=O)(=O)c2ccccc2Cl)CC1)Cc1ccc(F)c(F)c1. The molecule has 0 atom stereocenters. The van der Waals surface area contributed by atoms with E-state index in [9.17, 15) is 22.0 Å². The van der Waals surface area contributed by atoms with Gasteiger partial charge in [0.15, 0.2) is 11.6 Å². The molecule has 0 aromatic heterocycles. The van der Waals surface area contributed by atoms with Gasteiger partial charge < -0.3 is 4.90 Å². The summed E-state index contributed by atoms with van der Waals surface area (Å²) in [5.41, 5.74) is 0.555. The molecule has 1 fully saturated rings. The number of sulfonamides is 1. The number of likely N-dealkylation sites (N-methyl/N-ethyl adjacent to an activating group) is 1. The van der Waals surface area contributed by atoms with Gasteiger partial charge in [0, 0.05) is 32.7 Å². The topological polar surface area (TPSA) is 60.9 Å². The van der Waals surface area contributed by atoms with Crippen molar-refractivity contribution in [2.75, 3.05) is 39.8 Å². The number of hydrogen-bond acceptors (Lipinski definition) is 4. The molecule has 1 aliphatic rings. The largest absolute Gasteiger partial charge is 0.339 e. The number of carbonyl (C=O) groups excluding carboxylic acids is 1. The molecular formula is C20H22ClF2N3O3S. The van der Waals surface area contributed by atoms with Crippen molar-refractivity contribution < 1.29 is 22.0 Å². The van der Waals surface area contributed by atoms with Gasteiger partial charge in [-0.15, -0.1) is 0 Å². The first-order chi connectivity index (χ1) is 14.2. The third-order valence-corrected chi connectivity index (χ3v) is 7.29. The van der Waals surface area contributed by atoms with Crippen LogP contribution in [-0.4, -0.2) is 68.2 Å². The lowest BCUT2D eigenvalue weighted by Crippen LogP contribution is -2.52. The van der Waals surface area contributed by atoms with E-state index in [-0.39, 0.29) is 55.1 Å². The molecule has 0 saturated carbocycles. The normalized spacial score (nSPS) is 15.6. The first-order valence-corrected chi connectivity index (χ1v) is 11.1. The number of carbonyl (C=O) groups is 1. The maximum Gasteiger partial charge on any atom is 0.244 e. The molecule has 2 aromatic carbocycles. The van der Waals surface area contributed by atoms with Crippen molar-refractivity contribution in [2.24, 2.45) is 0 Å². The van der Waals surface area contributed by atoms with Gasteiger partial charge in [-0.25, -0.2) is 17.2 Å². The third kappa shape index (κ3) is 5.15. The van der Waals surface area contributed by atoms with Crippen LogP contribution in [0, 0.1) is 11.6 Å². The van der Waals surface area contributed by atoms with Crippen molar-refractivity contribution in [1.29, 1.82) is 0 Å². The van der Waals surface area contributed by atoms with Gasteiger partial charge in [-0.2, -0.15) is 4.31 Å². The Bertz CT molecular complexity index is 1030. The molecule has 0 aliphatic carbocycles. The fraction of sp³-hybridized carbons (Fsp3) is 0.350. The molecule has 2 aromatic rings. The maximum atomic E-state index is 13.3. The van der Waals surface area contributed by atoms with Gasteiger partial charge >= 0.3 is 0 Å². The Kier molecular flexibility index (Phi) is 7.07. The van der Waals surface area contributed by atoms with Gasteiger partial charge in [-0.3, -0.25) is 9.69 Å². The summed E-state index contributed by atoms with van der Waals surface area (Å²) in [5.74, 6) is -2.00. The Hall–Kier alpha value is -2.07. The Labute approximate surface area is 179 Å². The van der Waals surface area contributed by atoms with Crippen molar-refractivity contribution in [3.63, 3.8) is 0 Å². The molecule has 1 heterocycles. The monoisotopic (exact) mass is 457 g/mol. The lowest BCUT2D eigenvalue weighted by molar-refractivity contribution is -0.133. The van der Waals surface area contributed by atoms with Gasteiger partial charge in [0.25, 0.3) is 0 Å². The highest BCUT2D eigenvalue weighted by atomic mass is 35.5. The lowest BCUT2D eigenvalue weighted by Gasteiger charge is -2.35. The number of amides is 1. The zero-order valence-electron chi connectivity index (χ0n) is 16.4. The van der Waals surface area contributed by atoms with E-state index in [2.05, 4.69) is 0 Å². The fourth-order valence-corrected chi connectivity index (χ4v) is 5.22. The van der Waals surface area contributed by atoms with E-state index in [4.69, 9.17) is 11.6 Å². The van der Waals surface area contributed by atoms with E-state index in [1.165, 1.54) is 22.5 Å². The minimum absolute atomic E-state index is 0.0534. The molecule has 0 unspecified atom stereocenters. The molecule has 6 nitrogen and oxygen atoms in total. The average Bonchev–Trinajstić information content (AvgIpc) is 2.71. The smallest absolute Gasteiger partial charge is 0.244 e. The summed E-state index contributed by atoms with van der Waals surface area (Å²) in [6.45, 7) is 1.24. The summed E-state index contributed by atoms with van der Waals surface area (Å²) < 4.78 is 53.3. The van der Waals surface area contributed by atoms with Crippen LogP contribution in [0.1, 0.15) is 5.56 Å². The van der Waals surface area contributed by atoms with Gasteiger partial charge in [-0.05, 0) is 36.9 Å². The highest BCUT2D eigenvalue weighted by Crippen LogP contribution is 2.25. The summed E-state index contributed by atoms with van der Waals surface area (Å²) in [4.78, 5) is 15.9. The number of piperazine rings is 1. The van der Waals surface area contributed by atoms with E-state index < -0.39 is 21.7 Å². The molecule has 10 heteroatoms. The first kappa shape index (κ1) is 22.6. The Morgan fingerprint density at radius 2 is 1.73 bits per heavy atom. The second kappa shape index (κ2) is 9.38. The standard InChI is InChI=1S/C20H22ClF2N3O3S/c1-24(13-15-6-7-17(22)18(23)12-15)14-20(27)25-8-10-26(11-9-25)30(28,29)19-5-3-2-4-16(19)21/h2-7,12H,8-11,13-14H2,1H3. The predicted molar refractivity (Wildman–Crippen MR) is 109 cm³/mol. The molecule has 0 radical (unpaired) electrons. The fourth-order valence-electron chi connectivity index (χ4n) is 3.31. The second-order valence-corrected chi connectivity index (χ2v) is 9.45. The summed E-state index contributed by atoms with van der Waals surface area (Å²) in [6.07, 6.45) is 0. The van der Waals surface area contributed by atoms with Gasteiger partial charge in [0.05, 0.1) is 11.6 Å². The summed E-state index contributed by atoms with van der Waals surface area (Å²) in [6, 6.07) is 9.89. The Balaban J connectivity index is 1.55. The molecular weight excluding hydrogens is 436 g/mol. The Morgan fingerprint density at radius 3 is 2.37 bits per heavy atom. The zero-order chi connectivity index (χ0) is 21.9. The van der Waals surface area contributed by atoms with Crippen molar-refractivity contribution >= 4 is 27.5 Å². The van der Waals surface area contributed by atoms with Crippen molar-refractivity contribution in [3.8, 4) is 0 Å². The van der Waals surface area contributed by atoms with Crippen LogP contribution >= 0.6 is 11.6 Å². The maximum absolute atomic E-state index is 13.3. The quantitative estimate of drug-likeness (QED) is 0.669. The van der Waals surface area contributed by atoms with Gasteiger partial charge in [-0.1, -0.05) is 29.8 Å². The minimum Gasteiger partial charge on any atom is -0.339 e. The molecule has 3 rings (SSSR count). The Morgan fingerprint density at radius 1 is 1.07 bits per heavy atom. The van der Waals surface area contributed by atoms with Crippen LogP contribution in [0.2, 0.25) is 5.02 Å². The number of hydrogen-bond donors (Lipinski definition) is 0. The van der Waals surface area contributed by atoms with Crippen molar-refractivity contribution in [2.45, 2.75) is 11.4 Å². The zero-order valence-corrected chi connectivity index (χ0v) is 18.0. The van der Waals surface area contributed by atoms with E-state index in [0.717, 1.165) is 12.1 Å². The van der Waals surface area contributed by atoms with E-state index in [1.54, 1.807) is 29.0 Å². The summed E-state index contributed by atoms with van der Waals surface area (Å²) >= 11 is 6.03. The van der Waals surface area contributed by atoms with Crippen LogP contribution in [0.25, 0.3) is 0 Å². The van der Waals surface area contributed by atoms with Crippen LogP contribution in [0.5, 0.6) is 0 Å². The molecule has 1 aliphatic heterocycles. The van der Waals surface area contributed by atoms with E-state index in [0.29, 0.717) is 5.56 Å². The summed E-state index contributed by atoms with van der Waals surface area (Å²) in [7, 11) is -2.02. The predicted octanol–water partition coefficient (Wildman–Crippen LogP) is 2.58. The van der Waals surface area contributed by atoms with Crippen LogP contribution in [0.3, 0.4) is 0 Å². The number of halogens is 3. The van der Waals surface area contributed by atoms with Crippen LogP contribution < -0.4 is 0 Å². The summed E-state index contributed by atoms with van der Waals surface area (Å²) in [5, 5.41) is 0.162. The number of rotatable bonds is 6. The number of nitrogens with zero attached hydrogens (tertiary/aromatic N) is 3. The first-order valence-electron chi connectivity index (χ1n) is 9.33. The van der Waals surface area contributed by atoms with Gasteiger partial charge in [0.1, 0.15) is 4.90 Å². The van der Waals surface area contributed by atoms with Gasteiger partial charge in [0.2, 0.25) is 15.9 Å². The number of benzene rings is 2. The van der Waals surface area contributed by atoms with Crippen LogP contribution in [-0.2, 0) is 21.4 Å². The molecule has 1 amide bonds. The van der Waals surface area contributed by atoms with Crippen LogP contribution in [0.4, 0.5) is 8.78 Å².